The third-order valence-corrected chi connectivity index (χ3v) is 6.12. The Morgan fingerprint density at radius 1 is 1.23 bits per heavy atom. The molecule has 168 valence electrons. The minimum absolute atomic E-state index is 0.00509. The van der Waals surface area contributed by atoms with Crippen LogP contribution in [0.15, 0.2) is 24.4 Å². The number of nitrogens with two attached hydrogens (primary N) is 1. The minimum Gasteiger partial charge on any atom is -0.392 e. The van der Waals surface area contributed by atoms with Gasteiger partial charge in [-0.05, 0) is 31.4 Å². The van der Waals surface area contributed by atoms with Gasteiger partial charge < -0.3 is 10.8 Å². The maximum Gasteiger partial charge on any atom is 0.238 e. The summed E-state index contributed by atoms with van der Waals surface area (Å²) in [6.45, 7) is 2.31. The molecular weight excluding hydrogens is 435 g/mol. The first-order valence-corrected chi connectivity index (χ1v) is 11.2. The van der Waals surface area contributed by atoms with Crippen molar-refractivity contribution in [3.05, 3.63) is 47.4 Å². The van der Waals surface area contributed by atoms with Crippen molar-refractivity contribution in [2.24, 2.45) is 0 Å². The van der Waals surface area contributed by atoms with Crippen LogP contribution in [0.2, 0.25) is 0 Å². The number of hydrogen-bond donors (Lipinski definition) is 2. The number of anilines is 1. The molecule has 3 aromatic rings. The fraction of sp³-hybridized carbons (Fsp3) is 0.368. The molecule has 0 radical (unpaired) electrons. The zero-order valence-electron chi connectivity index (χ0n) is 16.9. The van der Waals surface area contributed by atoms with Gasteiger partial charge in [-0.3, -0.25) is 0 Å². The Bertz CT molecular complexity index is 1220. The monoisotopic (exact) mass is 457 g/mol. The number of nitrogen functional groups attached to an aromatic ring is 1. The van der Waals surface area contributed by atoms with Gasteiger partial charge in [0.05, 0.1) is 29.8 Å². The van der Waals surface area contributed by atoms with E-state index >= 15 is 0 Å². The number of aryl methyl sites for hydroxylation is 1. The van der Waals surface area contributed by atoms with E-state index in [1.807, 2.05) is 0 Å². The molecule has 0 spiro atoms. The van der Waals surface area contributed by atoms with E-state index in [-0.39, 0.29) is 34.8 Å². The smallest absolute Gasteiger partial charge is 0.238 e. The zero-order chi connectivity index (χ0) is 22.9. The van der Waals surface area contributed by atoms with Gasteiger partial charge in [0.2, 0.25) is 16.0 Å². The van der Waals surface area contributed by atoms with Gasteiger partial charge in [-0.15, -0.1) is 5.10 Å². The van der Waals surface area contributed by atoms with Crippen molar-refractivity contribution in [2.45, 2.75) is 25.9 Å². The summed E-state index contributed by atoms with van der Waals surface area (Å²) in [7, 11) is -3.09. The molecule has 8 nitrogen and oxygen atoms in total. The largest absolute Gasteiger partial charge is 0.392 e. The van der Waals surface area contributed by atoms with E-state index in [9.17, 15) is 21.6 Å². The molecule has 4 rings (SSSR count). The molecule has 31 heavy (non-hydrogen) atoms. The van der Waals surface area contributed by atoms with E-state index in [0.717, 1.165) is 29.3 Å². The fourth-order valence-electron chi connectivity index (χ4n) is 3.26. The number of benzene rings is 1. The lowest BCUT2D eigenvalue weighted by atomic mass is 10.1. The molecule has 3 heterocycles. The number of halogens is 3. The molecule has 2 aromatic heterocycles. The Morgan fingerprint density at radius 3 is 2.55 bits per heavy atom. The predicted octanol–water partition coefficient (Wildman–Crippen LogP) is 2.11. The lowest BCUT2D eigenvalue weighted by molar-refractivity contribution is 0.108. The normalized spacial score (nSPS) is 17.4. The summed E-state index contributed by atoms with van der Waals surface area (Å²) < 4.78 is 66.1. The molecule has 1 fully saturated rings. The summed E-state index contributed by atoms with van der Waals surface area (Å²) >= 11 is 0. The second-order valence-corrected chi connectivity index (χ2v) is 9.24. The Kier molecular flexibility index (Phi) is 6.53. The number of rotatable bonds is 2. The molecule has 0 saturated carbocycles. The van der Waals surface area contributed by atoms with Gasteiger partial charge in [0.1, 0.15) is 17.2 Å². The van der Waals surface area contributed by atoms with Gasteiger partial charge in [-0.1, -0.05) is 6.07 Å². The van der Waals surface area contributed by atoms with E-state index in [1.165, 1.54) is 23.6 Å². The average Bonchev–Trinajstić information content (AvgIpc) is 3.00. The van der Waals surface area contributed by atoms with Crippen LogP contribution in [0.25, 0.3) is 16.8 Å². The topological polar surface area (TPSA) is 114 Å². The Morgan fingerprint density at radius 2 is 1.94 bits per heavy atom. The van der Waals surface area contributed by atoms with Gasteiger partial charge in [0.25, 0.3) is 0 Å². The molecule has 1 aliphatic heterocycles. The van der Waals surface area contributed by atoms with Gasteiger partial charge in [-0.25, -0.2) is 31.1 Å². The third kappa shape index (κ3) is 4.97. The first-order valence-electron chi connectivity index (χ1n) is 9.37. The molecule has 1 atom stereocenters. The van der Waals surface area contributed by atoms with Crippen molar-refractivity contribution < 1.29 is 26.7 Å². The number of sulfonamides is 1. The highest BCUT2D eigenvalue weighted by Crippen LogP contribution is 2.30. The van der Waals surface area contributed by atoms with Crippen LogP contribution in [-0.2, 0) is 10.0 Å². The van der Waals surface area contributed by atoms with Crippen LogP contribution in [0.4, 0.5) is 19.1 Å². The number of nitrogens with zero attached hydrogens (tertiary/aromatic N) is 4. The molecule has 3 N–H and O–H groups in total. The van der Waals surface area contributed by atoms with Crippen LogP contribution >= 0.6 is 0 Å². The predicted molar refractivity (Wildman–Crippen MR) is 109 cm³/mol. The Balaban J connectivity index is 0.000000210. The fourth-order valence-corrected chi connectivity index (χ4v) is 4.16. The molecule has 1 aliphatic rings. The van der Waals surface area contributed by atoms with Crippen LogP contribution in [-0.4, -0.2) is 57.9 Å². The minimum atomic E-state index is -3.09. The number of β-amino-alcohol motifs (C(OH)–C–C–N with tert-alkyl or cyclic N) is 1. The van der Waals surface area contributed by atoms with Gasteiger partial charge >= 0.3 is 0 Å². The van der Waals surface area contributed by atoms with Gasteiger partial charge in [-0.2, -0.15) is 4.31 Å². The van der Waals surface area contributed by atoms with E-state index in [4.69, 9.17) is 10.8 Å². The van der Waals surface area contributed by atoms with Gasteiger partial charge in [0, 0.05) is 19.2 Å². The Labute approximate surface area is 177 Å². The molecular formula is C19H22F3N5O3S. The summed E-state index contributed by atoms with van der Waals surface area (Å²) in [5, 5.41) is 12.9. The zero-order valence-corrected chi connectivity index (χ0v) is 17.7. The first kappa shape index (κ1) is 23.0. The van der Waals surface area contributed by atoms with Gasteiger partial charge in [0.15, 0.2) is 5.82 Å². The quantitative estimate of drug-likeness (QED) is 0.609. The highest BCUT2D eigenvalue weighted by molar-refractivity contribution is 7.88. The van der Waals surface area contributed by atoms with Crippen molar-refractivity contribution >= 4 is 21.5 Å². The lowest BCUT2D eigenvalue weighted by Gasteiger charge is -2.27. The highest BCUT2D eigenvalue weighted by atomic mass is 32.2. The standard InChI is InChI=1S/C13H9F3N4.C6H13NO3S/c1-6-2-3-7(14)11(12(6)16)9-4-8(15)10-5-18-13(17)19-20(9)10;1-11(9,10)7-4-2-3-6(8)5-7/h2-5H,1H3,(H2,17,19);6,8H,2-5H2,1H3. The maximum atomic E-state index is 14.1. The molecule has 12 heteroatoms. The van der Waals surface area contributed by atoms with E-state index in [1.54, 1.807) is 0 Å². The molecule has 0 bridgehead atoms. The number of aliphatic hydroxyl groups excluding tert-OH is 1. The van der Waals surface area contributed by atoms with Crippen LogP contribution in [0, 0.1) is 24.4 Å². The molecule has 0 aliphatic carbocycles. The highest BCUT2D eigenvalue weighted by Gasteiger charge is 2.24. The first-order chi connectivity index (χ1) is 14.5. The molecule has 1 unspecified atom stereocenters. The van der Waals surface area contributed by atoms with Crippen molar-refractivity contribution in [1.82, 2.24) is 18.9 Å². The molecule has 1 aromatic carbocycles. The van der Waals surface area contributed by atoms with Crippen molar-refractivity contribution in [3.8, 4) is 11.3 Å². The van der Waals surface area contributed by atoms with Crippen molar-refractivity contribution in [3.63, 3.8) is 0 Å². The van der Waals surface area contributed by atoms with Crippen LogP contribution in [0.1, 0.15) is 18.4 Å². The number of fused-ring (bicyclic) bond motifs is 1. The van der Waals surface area contributed by atoms with E-state index < -0.39 is 33.6 Å². The SMILES string of the molecule is CS(=O)(=O)N1CCCC(O)C1.Cc1ccc(F)c(-c2cc(F)c3cnc(N)nn23)c1F. The summed E-state index contributed by atoms with van der Waals surface area (Å²) in [6, 6.07) is 3.43. The number of aliphatic hydroxyl groups is 1. The lowest BCUT2D eigenvalue weighted by Crippen LogP contribution is -2.41. The number of hydrogen-bond acceptors (Lipinski definition) is 6. The second-order valence-electron chi connectivity index (χ2n) is 7.26. The van der Waals surface area contributed by atoms with Crippen LogP contribution in [0.5, 0.6) is 0 Å². The van der Waals surface area contributed by atoms with Crippen LogP contribution in [0.3, 0.4) is 0 Å². The summed E-state index contributed by atoms with van der Waals surface area (Å²) in [4.78, 5) is 3.66. The molecule has 1 saturated heterocycles. The summed E-state index contributed by atoms with van der Waals surface area (Å²) in [6.07, 6.45) is 3.33. The number of aromatic nitrogens is 3. The maximum absolute atomic E-state index is 14.1. The van der Waals surface area contributed by atoms with E-state index in [0.29, 0.717) is 13.0 Å². The van der Waals surface area contributed by atoms with Crippen molar-refractivity contribution in [2.75, 3.05) is 25.1 Å². The average molecular weight is 457 g/mol. The third-order valence-electron chi connectivity index (χ3n) is 4.85. The summed E-state index contributed by atoms with van der Waals surface area (Å²) in [5.74, 6) is -2.37. The molecule has 0 amide bonds. The number of piperidine rings is 1. The Hall–Kier alpha value is -2.70. The second kappa shape index (κ2) is 8.81. The van der Waals surface area contributed by atoms with E-state index in [2.05, 4.69) is 10.1 Å². The van der Waals surface area contributed by atoms with Crippen LogP contribution < -0.4 is 5.73 Å². The summed E-state index contributed by atoms with van der Waals surface area (Å²) in [5.41, 5.74) is 5.28. The van der Waals surface area contributed by atoms with Crippen molar-refractivity contribution in [1.29, 1.82) is 0 Å².